The maximum absolute atomic E-state index is 13.2. The molecule has 0 aliphatic heterocycles. The molecule has 2 aromatic rings. The number of aliphatic imine (C=N–C) groups is 1. The zero-order chi connectivity index (χ0) is 19.4. The fraction of sp³-hybridized carbons (Fsp3) is 0.478. The molecule has 0 radical (unpaired) electrons. The number of aryl methyl sites for hydroxylation is 1. The summed E-state index contributed by atoms with van der Waals surface area (Å²) in [5.41, 5.74) is 0.466. The molecule has 4 saturated carbocycles. The van der Waals surface area contributed by atoms with Gasteiger partial charge in [-0.05, 0) is 81.5 Å². The van der Waals surface area contributed by atoms with Gasteiger partial charge < -0.3 is 10.4 Å². The van der Waals surface area contributed by atoms with Crippen molar-refractivity contribution in [1.82, 2.24) is 5.32 Å². The van der Waals surface area contributed by atoms with Gasteiger partial charge in [0, 0.05) is 21.5 Å². The lowest BCUT2D eigenvalue weighted by Gasteiger charge is -2.60. The number of amides is 1. The largest absolute Gasteiger partial charge is 0.390 e. The van der Waals surface area contributed by atoms with Crippen molar-refractivity contribution in [3.8, 4) is 0 Å². The third-order valence-corrected chi connectivity index (χ3v) is 7.58. The fourth-order valence-electron chi connectivity index (χ4n) is 6.10. The van der Waals surface area contributed by atoms with E-state index >= 15 is 0 Å². The second-order valence-corrected chi connectivity index (χ2v) is 10.5. The van der Waals surface area contributed by atoms with Gasteiger partial charge in [-0.2, -0.15) is 0 Å². The number of hydrogen-bond acceptors (Lipinski definition) is 4. The summed E-state index contributed by atoms with van der Waals surface area (Å²) in [6, 6.07) is 11.6. The van der Waals surface area contributed by atoms with Gasteiger partial charge in [0.2, 0.25) is 0 Å². The SMILES string of the molecule is Cc1ccc(C=Nc2ccccc2C(=O)NC23C[C@@H]4C[C@@H](CC(O)(C4)C2)C3)s1. The van der Waals surface area contributed by atoms with Gasteiger partial charge in [0.15, 0.2) is 0 Å². The predicted molar refractivity (Wildman–Crippen MR) is 113 cm³/mol. The molecule has 2 unspecified atom stereocenters. The Kier molecular flexibility index (Phi) is 4.21. The monoisotopic (exact) mass is 394 g/mol. The quantitative estimate of drug-likeness (QED) is 0.743. The summed E-state index contributed by atoms with van der Waals surface area (Å²) in [4.78, 5) is 20.1. The van der Waals surface area contributed by atoms with E-state index in [0.717, 1.165) is 30.6 Å². The smallest absolute Gasteiger partial charge is 0.253 e. The lowest BCUT2D eigenvalue weighted by Crippen LogP contribution is -2.65. The van der Waals surface area contributed by atoms with Crippen molar-refractivity contribution in [1.29, 1.82) is 0 Å². The molecule has 1 aromatic heterocycles. The lowest BCUT2D eigenvalue weighted by atomic mass is 9.51. The standard InChI is InChI=1S/C23H26N2O2S/c1-15-6-7-18(28-15)13-24-20-5-3-2-4-19(20)21(26)25-22-9-16-8-17(10-22)12-23(27,11-16)14-22/h2-7,13,16-17,27H,8-12,14H2,1H3,(H,25,26)/t16-,17+,22?,23?. The molecule has 5 heteroatoms. The zero-order valence-corrected chi connectivity index (χ0v) is 17.0. The van der Waals surface area contributed by atoms with Crippen LogP contribution in [0.1, 0.15) is 58.6 Å². The Bertz CT molecular complexity index is 934. The molecule has 4 nitrogen and oxygen atoms in total. The van der Waals surface area contributed by atoms with Crippen molar-refractivity contribution < 1.29 is 9.90 Å². The van der Waals surface area contributed by atoms with Gasteiger partial charge in [-0.1, -0.05) is 12.1 Å². The molecule has 0 spiro atoms. The van der Waals surface area contributed by atoms with Crippen molar-refractivity contribution in [2.75, 3.05) is 0 Å². The van der Waals surface area contributed by atoms with Gasteiger partial charge in [0.05, 0.1) is 16.9 Å². The molecule has 4 atom stereocenters. The van der Waals surface area contributed by atoms with Gasteiger partial charge in [-0.15, -0.1) is 11.3 Å². The van der Waals surface area contributed by atoms with Crippen LogP contribution in [0.4, 0.5) is 5.69 Å². The molecule has 1 amide bonds. The van der Waals surface area contributed by atoms with E-state index in [4.69, 9.17) is 0 Å². The highest BCUT2D eigenvalue weighted by atomic mass is 32.1. The Morgan fingerprint density at radius 3 is 2.61 bits per heavy atom. The van der Waals surface area contributed by atoms with Gasteiger partial charge >= 0.3 is 0 Å². The van der Waals surface area contributed by atoms with Crippen LogP contribution >= 0.6 is 11.3 Å². The number of thiophene rings is 1. The molecular formula is C23H26N2O2S. The van der Waals surface area contributed by atoms with Crippen LogP contribution in [-0.4, -0.2) is 28.4 Å². The normalized spacial score (nSPS) is 33.5. The summed E-state index contributed by atoms with van der Waals surface area (Å²) >= 11 is 1.69. The number of carbonyl (C=O) groups is 1. The van der Waals surface area contributed by atoms with Crippen molar-refractivity contribution in [3.05, 3.63) is 51.7 Å². The third-order valence-electron chi connectivity index (χ3n) is 6.65. The molecule has 0 saturated heterocycles. The Hall–Kier alpha value is -1.98. The molecule has 146 valence electrons. The highest BCUT2D eigenvalue weighted by Gasteiger charge is 2.57. The number of hydrogen-bond donors (Lipinski definition) is 2. The summed E-state index contributed by atoms with van der Waals surface area (Å²) in [7, 11) is 0. The van der Waals surface area contributed by atoms with Gasteiger partial charge in [-0.3, -0.25) is 9.79 Å². The van der Waals surface area contributed by atoms with E-state index in [1.165, 1.54) is 11.3 Å². The topological polar surface area (TPSA) is 61.7 Å². The number of para-hydroxylation sites is 1. The molecule has 4 fully saturated rings. The maximum atomic E-state index is 13.2. The first-order valence-corrected chi connectivity index (χ1v) is 11.0. The van der Waals surface area contributed by atoms with Crippen LogP contribution in [0.25, 0.3) is 0 Å². The maximum Gasteiger partial charge on any atom is 0.253 e. The number of nitrogens with one attached hydrogen (secondary N) is 1. The van der Waals surface area contributed by atoms with Gasteiger partial charge in [-0.25, -0.2) is 0 Å². The number of carbonyl (C=O) groups excluding carboxylic acids is 1. The van der Waals surface area contributed by atoms with Crippen LogP contribution in [0.15, 0.2) is 41.4 Å². The number of benzene rings is 1. The highest BCUT2D eigenvalue weighted by Crippen LogP contribution is 2.57. The molecule has 1 aromatic carbocycles. The van der Waals surface area contributed by atoms with E-state index in [1.54, 1.807) is 11.3 Å². The van der Waals surface area contributed by atoms with Crippen LogP contribution < -0.4 is 5.32 Å². The first-order valence-electron chi connectivity index (χ1n) is 10.2. The first kappa shape index (κ1) is 18.1. The van der Waals surface area contributed by atoms with E-state index in [2.05, 4.69) is 23.3 Å². The second-order valence-electron chi connectivity index (χ2n) is 9.14. The first-order chi connectivity index (χ1) is 13.4. The average molecular weight is 395 g/mol. The van der Waals surface area contributed by atoms with Crippen molar-refractivity contribution in [2.24, 2.45) is 16.8 Å². The van der Waals surface area contributed by atoms with Gasteiger partial charge in [0.25, 0.3) is 5.91 Å². The number of aliphatic hydroxyl groups is 1. The minimum absolute atomic E-state index is 0.0688. The Balaban J connectivity index is 1.38. The summed E-state index contributed by atoms with van der Waals surface area (Å²) in [5.74, 6) is 1.02. The Labute approximate surface area is 169 Å². The summed E-state index contributed by atoms with van der Waals surface area (Å²) in [6.07, 6.45) is 7.54. The summed E-state index contributed by atoms with van der Waals surface area (Å²) < 4.78 is 0. The van der Waals surface area contributed by atoms with Gasteiger partial charge in [0.1, 0.15) is 0 Å². The van der Waals surface area contributed by atoms with E-state index in [0.29, 0.717) is 29.5 Å². The average Bonchev–Trinajstić information content (AvgIpc) is 3.03. The molecule has 28 heavy (non-hydrogen) atoms. The van der Waals surface area contributed by atoms with E-state index < -0.39 is 5.60 Å². The summed E-state index contributed by atoms with van der Waals surface area (Å²) in [6.45, 7) is 2.07. The van der Waals surface area contributed by atoms with Crippen LogP contribution in [0.2, 0.25) is 0 Å². The van der Waals surface area contributed by atoms with E-state index in [1.807, 2.05) is 36.5 Å². The third kappa shape index (κ3) is 3.31. The van der Waals surface area contributed by atoms with Crippen LogP contribution in [0.5, 0.6) is 0 Å². The molecule has 6 rings (SSSR count). The molecule has 4 aliphatic rings. The molecule has 2 N–H and O–H groups in total. The number of rotatable bonds is 4. The highest BCUT2D eigenvalue weighted by molar-refractivity contribution is 7.13. The predicted octanol–water partition coefficient (Wildman–Crippen LogP) is 4.62. The number of nitrogens with zero attached hydrogens (tertiary/aromatic N) is 1. The van der Waals surface area contributed by atoms with Crippen LogP contribution in [0.3, 0.4) is 0 Å². The fourth-order valence-corrected chi connectivity index (χ4v) is 6.85. The molecule has 4 aliphatic carbocycles. The molecule has 4 bridgehead atoms. The molecular weight excluding hydrogens is 368 g/mol. The van der Waals surface area contributed by atoms with Crippen LogP contribution in [0, 0.1) is 18.8 Å². The lowest BCUT2D eigenvalue weighted by molar-refractivity contribution is -0.139. The Morgan fingerprint density at radius 1 is 1.18 bits per heavy atom. The minimum atomic E-state index is -0.577. The summed E-state index contributed by atoms with van der Waals surface area (Å²) in [5, 5.41) is 14.3. The Morgan fingerprint density at radius 2 is 1.93 bits per heavy atom. The van der Waals surface area contributed by atoms with E-state index in [9.17, 15) is 9.90 Å². The zero-order valence-electron chi connectivity index (χ0n) is 16.1. The second kappa shape index (κ2) is 6.53. The van der Waals surface area contributed by atoms with E-state index in [-0.39, 0.29) is 11.4 Å². The molecule has 1 heterocycles. The minimum Gasteiger partial charge on any atom is -0.390 e. The van der Waals surface area contributed by atoms with Crippen LogP contribution in [-0.2, 0) is 0 Å². The van der Waals surface area contributed by atoms with Crippen molar-refractivity contribution in [3.63, 3.8) is 0 Å². The van der Waals surface area contributed by atoms with Crippen molar-refractivity contribution >= 4 is 29.1 Å². The van der Waals surface area contributed by atoms with Crippen molar-refractivity contribution in [2.45, 2.75) is 56.6 Å².